The molecular weight excluding hydrogens is 245 g/mol. The molecule has 18 heavy (non-hydrogen) atoms. The maximum atomic E-state index is 13.3. The van der Waals surface area contributed by atoms with Crippen LogP contribution in [0.4, 0.5) is 4.39 Å². The average molecular weight is 263 g/mol. The van der Waals surface area contributed by atoms with Crippen LogP contribution in [0, 0.1) is 19.7 Å². The Kier molecular flexibility index (Phi) is 3.83. The Hall–Kier alpha value is -1.19. The van der Waals surface area contributed by atoms with Gasteiger partial charge in [-0.25, -0.2) is 4.39 Å². The Balaban J connectivity index is 2.42. The molecule has 0 bridgehead atoms. The normalized spacial score (nSPS) is 12.7. The summed E-state index contributed by atoms with van der Waals surface area (Å²) < 4.78 is 13.3. The van der Waals surface area contributed by atoms with E-state index in [0.717, 1.165) is 28.0 Å². The van der Waals surface area contributed by atoms with Crippen LogP contribution in [-0.4, -0.2) is 0 Å². The highest BCUT2D eigenvalue weighted by atomic mass is 32.1. The third-order valence-electron chi connectivity index (χ3n) is 3.21. The van der Waals surface area contributed by atoms with E-state index in [1.807, 2.05) is 13.8 Å². The molecule has 0 saturated carbocycles. The molecule has 0 aliphatic heterocycles. The van der Waals surface area contributed by atoms with Crippen molar-refractivity contribution in [3.63, 3.8) is 0 Å². The first kappa shape index (κ1) is 13.2. The molecule has 1 nitrogen and oxygen atoms in total. The fourth-order valence-corrected chi connectivity index (χ4v) is 3.27. The van der Waals surface area contributed by atoms with E-state index in [0.29, 0.717) is 0 Å². The average Bonchev–Trinajstić information content (AvgIpc) is 2.75. The van der Waals surface area contributed by atoms with Crippen molar-refractivity contribution in [2.45, 2.75) is 33.2 Å². The van der Waals surface area contributed by atoms with Gasteiger partial charge in [-0.05, 0) is 61.2 Å². The zero-order chi connectivity index (χ0) is 13.3. The van der Waals surface area contributed by atoms with Crippen LogP contribution in [-0.2, 0) is 6.42 Å². The van der Waals surface area contributed by atoms with E-state index in [4.69, 9.17) is 5.73 Å². The van der Waals surface area contributed by atoms with Crippen molar-refractivity contribution in [1.82, 2.24) is 0 Å². The monoisotopic (exact) mass is 263 g/mol. The minimum atomic E-state index is -0.193. The summed E-state index contributed by atoms with van der Waals surface area (Å²) in [5, 5.41) is 0. The number of thiophene rings is 1. The minimum Gasteiger partial charge on any atom is -0.320 e. The van der Waals surface area contributed by atoms with Crippen molar-refractivity contribution < 1.29 is 4.39 Å². The van der Waals surface area contributed by atoms with E-state index in [-0.39, 0.29) is 11.9 Å². The van der Waals surface area contributed by atoms with Gasteiger partial charge in [0.2, 0.25) is 0 Å². The summed E-state index contributed by atoms with van der Waals surface area (Å²) in [6, 6.07) is 7.15. The Morgan fingerprint density at radius 1 is 1.22 bits per heavy atom. The highest BCUT2D eigenvalue weighted by Gasteiger charge is 2.16. The second-order valence-electron chi connectivity index (χ2n) is 4.59. The van der Waals surface area contributed by atoms with E-state index in [2.05, 4.69) is 19.1 Å². The number of benzene rings is 1. The zero-order valence-corrected chi connectivity index (χ0v) is 11.8. The molecule has 2 rings (SSSR count). The SMILES string of the molecule is CCc1ccc(C(N)c2c(C)cc(F)cc2C)s1. The predicted octanol–water partition coefficient (Wildman–Crippen LogP) is 4.11. The lowest BCUT2D eigenvalue weighted by Crippen LogP contribution is -2.13. The summed E-state index contributed by atoms with van der Waals surface area (Å²) in [4.78, 5) is 2.47. The molecule has 2 N–H and O–H groups in total. The molecule has 3 heteroatoms. The van der Waals surface area contributed by atoms with Gasteiger partial charge >= 0.3 is 0 Å². The lowest BCUT2D eigenvalue weighted by Gasteiger charge is -2.16. The highest BCUT2D eigenvalue weighted by Crippen LogP contribution is 2.31. The smallest absolute Gasteiger partial charge is 0.123 e. The van der Waals surface area contributed by atoms with Gasteiger partial charge in [-0.3, -0.25) is 0 Å². The van der Waals surface area contributed by atoms with Crippen molar-refractivity contribution in [2.24, 2.45) is 5.73 Å². The van der Waals surface area contributed by atoms with Crippen molar-refractivity contribution in [3.05, 3.63) is 56.5 Å². The second-order valence-corrected chi connectivity index (χ2v) is 5.79. The first-order valence-corrected chi connectivity index (χ1v) is 6.95. The van der Waals surface area contributed by atoms with Gasteiger partial charge in [0.15, 0.2) is 0 Å². The Morgan fingerprint density at radius 2 is 1.83 bits per heavy atom. The van der Waals surface area contributed by atoms with E-state index in [9.17, 15) is 4.39 Å². The van der Waals surface area contributed by atoms with Crippen LogP contribution in [0.5, 0.6) is 0 Å². The molecule has 0 radical (unpaired) electrons. The van der Waals surface area contributed by atoms with Gasteiger partial charge in [0, 0.05) is 9.75 Å². The van der Waals surface area contributed by atoms with Crippen LogP contribution in [0.3, 0.4) is 0 Å². The third-order valence-corrected chi connectivity index (χ3v) is 4.52. The molecule has 0 aliphatic rings. The highest BCUT2D eigenvalue weighted by molar-refractivity contribution is 7.12. The molecule has 2 aromatic rings. The molecule has 0 saturated heterocycles. The number of rotatable bonds is 3. The summed E-state index contributed by atoms with van der Waals surface area (Å²) in [6.45, 7) is 5.97. The van der Waals surface area contributed by atoms with Crippen LogP contribution >= 0.6 is 11.3 Å². The number of halogens is 1. The van der Waals surface area contributed by atoms with Crippen LogP contribution < -0.4 is 5.73 Å². The topological polar surface area (TPSA) is 26.0 Å². The first-order valence-electron chi connectivity index (χ1n) is 6.13. The van der Waals surface area contributed by atoms with E-state index >= 15 is 0 Å². The molecule has 1 unspecified atom stereocenters. The summed E-state index contributed by atoms with van der Waals surface area (Å²) >= 11 is 1.74. The van der Waals surface area contributed by atoms with Crippen molar-refractivity contribution >= 4 is 11.3 Å². The van der Waals surface area contributed by atoms with Crippen molar-refractivity contribution in [2.75, 3.05) is 0 Å². The van der Waals surface area contributed by atoms with Crippen LogP contribution in [0.2, 0.25) is 0 Å². The Bertz CT molecular complexity index is 536. The molecular formula is C15H18FNS. The molecule has 1 heterocycles. The molecule has 0 fully saturated rings. The largest absolute Gasteiger partial charge is 0.320 e. The Labute approximate surface area is 111 Å². The third kappa shape index (κ3) is 2.47. The van der Waals surface area contributed by atoms with E-state index in [1.54, 1.807) is 23.5 Å². The Morgan fingerprint density at radius 3 is 2.33 bits per heavy atom. The lowest BCUT2D eigenvalue weighted by atomic mass is 9.95. The van der Waals surface area contributed by atoms with Gasteiger partial charge in [0.1, 0.15) is 5.82 Å². The number of hydrogen-bond donors (Lipinski definition) is 1. The van der Waals surface area contributed by atoms with E-state index in [1.165, 1.54) is 4.88 Å². The molecule has 1 aromatic carbocycles. The van der Waals surface area contributed by atoms with Gasteiger partial charge in [0.25, 0.3) is 0 Å². The minimum absolute atomic E-state index is 0.157. The molecule has 1 aromatic heterocycles. The number of hydrogen-bond acceptors (Lipinski definition) is 2. The zero-order valence-electron chi connectivity index (χ0n) is 11.0. The first-order chi connectivity index (χ1) is 8.52. The molecule has 96 valence electrons. The molecule has 0 amide bonds. The summed E-state index contributed by atoms with van der Waals surface area (Å²) in [6.07, 6.45) is 1.03. The van der Waals surface area contributed by atoms with Gasteiger partial charge in [-0.15, -0.1) is 11.3 Å². The number of aryl methyl sites for hydroxylation is 3. The standard InChI is InChI=1S/C15H18FNS/c1-4-12-5-6-13(18-12)15(17)14-9(2)7-11(16)8-10(14)3/h5-8,15H,4,17H2,1-3H3. The van der Waals surface area contributed by atoms with Gasteiger partial charge < -0.3 is 5.73 Å². The summed E-state index contributed by atoms with van der Waals surface area (Å²) in [5.41, 5.74) is 9.21. The molecule has 0 spiro atoms. The summed E-state index contributed by atoms with van der Waals surface area (Å²) in [5.74, 6) is -0.193. The van der Waals surface area contributed by atoms with Crippen LogP contribution in [0.25, 0.3) is 0 Å². The quantitative estimate of drug-likeness (QED) is 0.886. The molecule has 1 atom stereocenters. The number of nitrogens with two attached hydrogens (primary N) is 1. The van der Waals surface area contributed by atoms with Gasteiger partial charge in [-0.1, -0.05) is 6.92 Å². The van der Waals surface area contributed by atoms with Gasteiger partial charge in [0.05, 0.1) is 6.04 Å². The second kappa shape index (κ2) is 5.21. The van der Waals surface area contributed by atoms with E-state index < -0.39 is 0 Å². The van der Waals surface area contributed by atoms with Crippen molar-refractivity contribution in [3.8, 4) is 0 Å². The van der Waals surface area contributed by atoms with Crippen LogP contribution in [0.1, 0.15) is 39.4 Å². The predicted molar refractivity (Wildman–Crippen MR) is 75.6 cm³/mol. The molecule has 0 aliphatic carbocycles. The maximum absolute atomic E-state index is 13.3. The fourth-order valence-electron chi connectivity index (χ4n) is 2.31. The van der Waals surface area contributed by atoms with Crippen LogP contribution in [0.15, 0.2) is 24.3 Å². The van der Waals surface area contributed by atoms with Crippen molar-refractivity contribution in [1.29, 1.82) is 0 Å². The summed E-state index contributed by atoms with van der Waals surface area (Å²) in [7, 11) is 0. The maximum Gasteiger partial charge on any atom is 0.123 e. The lowest BCUT2D eigenvalue weighted by molar-refractivity contribution is 0.623. The van der Waals surface area contributed by atoms with Gasteiger partial charge in [-0.2, -0.15) is 0 Å². The fraction of sp³-hybridized carbons (Fsp3) is 0.333.